The van der Waals surface area contributed by atoms with Gasteiger partial charge in [-0.15, -0.1) is 0 Å². The molecule has 0 amide bonds. The summed E-state index contributed by atoms with van der Waals surface area (Å²) in [7, 11) is 1.93. The van der Waals surface area contributed by atoms with Gasteiger partial charge in [-0.2, -0.15) is 0 Å². The van der Waals surface area contributed by atoms with E-state index < -0.39 is 0 Å². The Bertz CT molecular complexity index is 425. The standard InChI is InChI=1S/C17H27FN2/c1-13(2)20(3)17-10-9-15(11-16(17)18)19-12-14-7-5-4-6-8-14/h9-11,13-14,19H,4-8,12H2,1-3H3. The quantitative estimate of drug-likeness (QED) is 0.842. The molecule has 1 N–H and O–H groups in total. The highest BCUT2D eigenvalue weighted by atomic mass is 19.1. The second-order valence-electron chi connectivity index (χ2n) is 6.26. The van der Waals surface area contributed by atoms with E-state index in [9.17, 15) is 4.39 Å². The van der Waals surface area contributed by atoms with Crippen LogP contribution in [0, 0.1) is 11.7 Å². The van der Waals surface area contributed by atoms with E-state index in [0.29, 0.717) is 11.7 Å². The molecule has 0 saturated heterocycles. The van der Waals surface area contributed by atoms with Crippen molar-refractivity contribution in [3.05, 3.63) is 24.0 Å². The molecule has 0 heterocycles. The van der Waals surface area contributed by atoms with Crippen LogP contribution in [0.5, 0.6) is 0 Å². The topological polar surface area (TPSA) is 15.3 Å². The first-order valence-corrected chi connectivity index (χ1v) is 7.84. The van der Waals surface area contributed by atoms with E-state index in [-0.39, 0.29) is 5.82 Å². The molecule has 1 aromatic rings. The summed E-state index contributed by atoms with van der Waals surface area (Å²) in [5.74, 6) is 0.611. The Hall–Kier alpha value is -1.25. The normalized spacial score (nSPS) is 16.4. The molecule has 2 nitrogen and oxygen atoms in total. The van der Waals surface area contributed by atoms with Crippen LogP contribution >= 0.6 is 0 Å². The molecule has 0 aliphatic heterocycles. The molecule has 0 bridgehead atoms. The number of nitrogens with one attached hydrogen (secondary N) is 1. The van der Waals surface area contributed by atoms with E-state index in [0.717, 1.165) is 18.2 Å². The third-order valence-corrected chi connectivity index (χ3v) is 4.42. The first-order valence-electron chi connectivity index (χ1n) is 7.84. The average molecular weight is 278 g/mol. The minimum atomic E-state index is -0.144. The predicted octanol–water partition coefficient (Wildman–Crippen LogP) is 4.66. The number of rotatable bonds is 5. The van der Waals surface area contributed by atoms with Gasteiger partial charge >= 0.3 is 0 Å². The van der Waals surface area contributed by atoms with Crippen LogP contribution in [0.3, 0.4) is 0 Å². The Kier molecular flexibility index (Phi) is 5.27. The van der Waals surface area contributed by atoms with E-state index in [1.54, 1.807) is 6.07 Å². The highest BCUT2D eigenvalue weighted by Gasteiger charge is 2.14. The van der Waals surface area contributed by atoms with Crippen LogP contribution in [-0.4, -0.2) is 19.6 Å². The van der Waals surface area contributed by atoms with Crippen molar-refractivity contribution in [2.75, 3.05) is 23.8 Å². The molecule has 0 aromatic heterocycles. The van der Waals surface area contributed by atoms with Gasteiger partial charge in [-0.05, 0) is 50.8 Å². The molecule has 20 heavy (non-hydrogen) atoms. The third kappa shape index (κ3) is 3.87. The van der Waals surface area contributed by atoms with Gasteiger partial charge < -0.3 is 10.2 Å². The number of hydrogen-bond donors (Lipinski definition) is 1. The van der Waals surface area contributed by atoms with Gasteiger partial charge in [0.05, 0.1) is 5.69 Å². The summed E-state index contributed by atoms with van der Waals surface area (Å²) in [6.45, 7) is 5.10. The Morgan fingerprint density at radius 2 is 1.95 bits per heavy atom. The van der Waals surface area contributed by atoms with Gasteiger partial charge in [0.25, 0.3) is 0 Å². The third-order valence-electron chi connectivity index (χ3n) is 4.42. The van der Waals surface area contributed by atoms with Crippen molar-refractivity contribution >= 4 is 11.4 Å². The highest BCUT2D eigenvalue weighted by molar-refractivity contribution is 5.56. The first-order chi connectivity index (χ1) is 9.58. The van der Waals surface area contributed by atoms with Gasteiger partial charge in [0.1, 0.15) is 5.82 Å². The lowest BCUT2D eigenvalue weighted by Gasteiger charge is -2.25. The lowest BCUT2D eigenvalue weighted by Crippen LogP contribution is -2.26. The van der Waals surface area contributed by atoms with Crippen molar-refractivity contribution in [1.29, 1.82) is 0 Å². The van der Waals surface area contributed by atoms with Crippen molar-refractivity contribution in [2.24, 2.45) is 5.92 Å². The molecule has 0 radical (unpaired) electrons. The SMILES string of the molecule is CC(C)N(C)c1ccc(NCC2CCCCC2)cc1F. The van der Waals surface area contributed by atoms with Crippen LogP contribution < -0.4 is 10.2 Å². The van der Waals surface area contributed by atoms with Gasteiger partial charge in [-0.1, -0.05) is 19.3 Å². The maximum atomic E-state index is 14.1. The Morgan fingerprint density at radius 3 is 2.55 bits per heavy atom. The molecule has 1 aromatic carbocycles. The van der Waals surface area contributed by atoms with Crippen LogP contribution in [0.15, 0.2) is 18.2 Å². The van der Waals surface area contributed by atoms with E-state index in [4.69, 9.17) is 0 Å². The van der Waals surface area contributed by atoms with Crippen LogP contribution in [0.1, 0.15) is 46.0 Å². The summed E-state index contributed by atoms with van der Waals surface area (Å²) in [5, 5.41) is 3.39. The van der Waals surface area contributed by atoms with Crippen LogP contribution in [-0.2, 0) is 0 Å². The van der Waals surface area contributed by atoms with Gasteiger partial charge in [-0.25, -0.2) is 4.39 Å². The van der Waals surface area contributed by atoms with Crippen LogP contribution in [0.4, 0.5) is 15.8 Å². The predicted molar refractivity (Wildman–Crippen MR) is 85.0 cm³/mol. The Morgan fingerprint density at radius 1 is 1.25 bits per heavy atom. The van der Waals surface area contributed by atoms with E-state index >= 15 is 0 Å². The smallest absolute Gasteiger partial charge is 0.148 e. The molecule has 1 saturated carbocycles. The summed E-state index contributed by atoms with van der Waals surface area (Å²) < 4.78 is 14.1. The molecule has 1 aliphatic rings. The average Bonchev–Trinajstić information content (AvgIpc) is 2.45. The molecule has 1 aliphatic carbocycles. The first kappa shape index (κ1) is 15.1. The largest absolute Gasteiger partial charge is 0.385 e. The molecular weight excluding hydrogens is 251 g/mol. The highest BCUT2D eigenvalue weighted by Crippen LogP contribution is 2.26. The molecule has 1 fully saturated rings. The van der Waals surface area contributed by atoms with E-state index in [2.05, 4.69) is 19.2 Å². The van der Waals surface area contributed by atoms with E-state index in [1.165, 1.54) is 32.1 Å². The number of anilines is 2. The monoisotopic (exact) mass is 278 g/mol. The summed E-state index contributed by atoms with van der Waals surface area (Å²) in [6.07, 6.45) is 6.69. The van der Waals surface area contributed by atoms with Crippen molar-refractivity contribution in [1.82, 2.24) is 0 Å². The maximum absolute atomic E-state index is 14.1. The minimum absolute atomic E-state index is 0.144. The van der Waals surface area contributed by atoms with Gasteiger partial charge in [0.15, 0.2) is 0 Å². The van der Waals surface area contributed by atoms with Gasteiger partial charge in [0, 0.05) is 25.3 Å². The summed E-state index contributed by atoms with van der Waals surface area (Å²) in [5.41, 5.74) is 1.57. The molecule has 3 heteroatoms. The fraction of sp³-hybridized carbons (Fsp3) is 0.647. The second-order valence-corrected chi connectivity index (χ2v) is 6.26. The van der Waals surface area contributed by atoms with Gasteiger partial charge in [-0.3, -0.25) is 0 Å². The zero-order valence-electron chi connectivity index (χ0n) is 13.0. The summed E-state index contributed by atoms with van der Waals surface area (Å²) in [4.78, 5) is 1.96. The molecule has 0 atom stereocenters. The number of hydrogen-bond acceptors (Lipinski definition) is 2. The van der Waals surface area contributed by atoms with Crippen molar-refractivity contribution in [3.63, 3.8) is 0 Å². The summed E-state index contributed by atoms with van der Waals surface area (Å²) >= 11 is 0. The Balaban J connectivity index is 1.94. The van der Waals surface area contributed by atoms with Crippen LogP contribution in [0.25, 0.3) is 0 Å². The van der Waals surface area contributed by atoms with Crippen molar-refractivity contribution in [2.45, 2.75) is 52.0 Å². The lowest BCUT2D eigenvalue weighted by atomic mass is 9.89. The second kappa shape index (κ2) is 6.96. The van der Waals surface area contributed by atoms with E-state index in [1.807, 2.05) is 24.1 Å². The Labute approximate surface area is 122 Å². The van der Waals surface area contributed by atoms with Crippen LogP contribution in [0.2, 0.25) is 0 Å². The molecule has 0 unspecified atom stereocenters. The fourth-order valence-electron chi connectivity index (χ4n) is 2.83. The zero-order chi connectivity index (χ0) is 14.5. The molecular formula is C17H27FN2. The fourth-order valence-corrected chi connectivity index (χ4v) is 2.83. The molecule has 112 valence electrons. The van der Waals surface area contributed by atoms with Gasteiger partial charge in [0.2, 0.25) is 0 Å². The zero-order valence-corrected chi connectivity index (χ0v) is 13.0. The lowest BCUT2D eigenvalue weighted by molar-refractivity contribution is 0.373. The van der Waals surface area contributed by atoms with Crippen molar-refractivity contribution in [3.8, 4) is 0 Å². The summed E-state index contributed by atoms with van der Waals surface area (Å²) in [6, 6.07) is 5.78. The molecule has 0 spiro atoms. The molecule has 2 rings (SSSR count). The van der Waals surface area contributed by atoms with Crippen molar-refractivity contribution < 1.29 is 4.39 Å². The number of halogens is 1. The number of benzene rings is 1. The number of nitrogens with zero attached hydrogens (tertiary/aromatic N) is 1. The maximum Gasteiger partial charge on any atom is 0.148 e. The minimum Gasteiger partial charge on any atom is -0.385 e.